The van der Waals surface area contributed by atoms with Gasteiger partial charge in [0, 0.05) is 16.5 Å². The van der Waals surface area contributed by atoms with Crippen molar-refractivity contribution in [1.29, 1.82) is 0 Å². The summed E-state index contributed by atoms with van der Waals surface area (Å²) in [6.07, 6.45) is -1.34. The van der Waals surface area contributed by atoms with Crippen molar-refractivity contribution in [3.63, 3.8) is 0 Å². The zero-order valence-electron chi connectivity index (χ0n) is 13.9. The normalized spacial score (nSPS) is 15.0. The lowest BCUT2D eigenvalue weighted by atomic mass is 10.1. The average molecular weight is 406 g/mol. The van der Waals surface area contributed by atoms with Crippen LogP contribution in [0.2, 0.25) is 0 Å². The summed E-state index contributed by atoms with van der Waals surface area (Å²) >= 11 is 0.956. The second-order valence-electron chi connectivity index (χ2n) is 5.73. The van der Waals surface area contributed by atoms with Gasteiger partial charge >= 0.3 is 0 Å². The molecule has 0 bridgehead atoms. The number of halogens is 4. The summed E-state index contributed by atoms with van der Waals surface area (Å²) < 4.78 is 54.9. The molecule has 10 heteroatoms. The highest BCUT2D eigenvalue weighted by Crippen LogP contribution is 2.37. The fourth-order valence-electron chi connectivity index (χ4n) is 2.60. The quantitative estimate of drug-likeness (QED) is 0.646. The van der Waals surface area contributed by atoms with Crippen LogP contribution in [0.5, 0.6) is 5.75 Å². The monoisotopic (exact) mass is 406 g/mol. The molecule has 4 rings (SSSR count). The maximum Gasteiger partial charge on any atom is 0.299 e. The number of alkyl halides is 2. The molecule has 0 unspecified atom stereocenters. The van der Waals surface area contributed by atoms with Gasteiger partial charge in [0.2, 0.25) is 11.0 Å². The molecule has 0 amide bonds. The Morgan fingerprint density at radius 1 is 1.07 bits per heavy atom. The molecule has 0 fully saturated rings. The third-order valence-corrected chi connectivity index (χ3v) is 4.79. The number of aromatic hydroxyl groups is 1. The minimum atomic E-state index is -2.93. The summed E-state index contributed by atoms with van der Waals surface area (Å²) in [4.78, 5) is 0.372. The Bertz CT molecular complexity index is 1130. The number of hydrogen-bond acceptors (Lipinski definition) is 5. The summed E-state index contributed by atoms with van der Waals surface area (Å²) in [6, 6.07) is 9.17. The molecule has 28 heavy (non-hydrogen) atoms. The molecule has 2 aromatic carbocycles. The first kappa shape index (κ1) is 18.2. The largest absolute Gasteiger partial charge is 0.508 e. The van der Waals surface area contributed by atoms with Crippen LogP contribution in [0, 0.1) is 11.6 Å². The van der Waals surface area contributed by atoms with Crippen molar-refractivity contribution in [1.82, 2.24) is 14.9 Å². The van der Waals surface area contributed by atoms with Gasteiger partial charge in [-0.25, -0.2) is 17.6 Å². The molecule has 2 heterocycles. The second-order valence-corrected chi connectivity index (χ2v) is 6.74. The van der Waals surface area contributed by atoms with Crippen molar-refractivity contribution in [2.75, 3.05) is 0 Å². The van der Waals surface area contributed by atoms with Crippen LogP contribution in [0.1, 0.15) is 23.4 Å². The molecule has 0 radical (unpaired) electrons. The van der Waals surface area contributed by atoms with E-state index >= 15 is 0 Å². The number of phenolic OH excluding ortho intramolecular Hbond substituents is 1. The molecule has 0 aliphatic carbocycles. The molecule has 0 atom stereocenters. The van der Waals surface area contributed by atoms with Crippen LogP contribution in [0.4, 0.5) is 17.6 Å². The van der Waals surface area contributed by atoms with E-state index in [-0.39, 0.29) is 22.2 Å². The van der Waals surface area contributed by atoms with E-state index in [1.165, 1.54) is 18.2 Å². The molecule has 3 aromatic rings. The van der Waals surface area contributed by atoms with Gasteiger partial charge in [0.1, 0.15) is 23.1 Å². The van der Waals surface area contributed by atoms with Crippen LogP contribution < -0.4 is 0 Å². The molecule has 0 spiro atoms. The minimum absolute atomic E-state index is 0.0139. The van der Waals surface area contributed by atoms with E-state index in [4.69, 9.17) is 0 Å². The number of hydrogen-bond donors (Lipinski definition) is 1. The third-order valence-electron chi connectivity index (χ3n) is 3.82. The summed E-state index contributed by atoms with van der Waals surface area (Å²) in [6.45, 7) is 0. The zero-order chi connectivity index (χ0) is 19.8. The Kier molecular flexibility index (Phi) is 4.63. The fraction of sp³-hybridized carbons (Fsp3) is 0.0556. The highest BCUT2D eigenvalue weighted by Gasteiger charge is 2.28. The lowest BCUT2D eigenvalue weighted by Crippen LogP contribution is -2.15. The smallest absolute Gasteiger partial charge is 0.299 e. The van der Waals surface area contributed by atoms with Crippen LogP contribution in [0.15, 0.2) is 57.6 Å². The Labute approximate surface area is 160 Å². The number of aromatic nitrogens is 3. The number of allylic oxidation sites excluding steroid dienone is 1. The number of benzene rings is 2. The predicted octanol–water partition coefficient (Wildman–Crippen LogP) is 4.60. The van der Waals surface area contributed by atoms with E-state index in [1.54, 1.807) is 18.2 Å². The molecule has 1 aliphatic heterocycles. The third kappa shape index (κ3) is 3.38. The molecule has 0 saturated heterocycles. The molecule has 142 valence electrons. The molecule has 1 aliphatic rings. The van der Waals surface area contributed by atoms with Crippen molar-refractivity contribution in [2.45, 2.75) is 11.6 Å². The minimum Gasteiger partial charge on any atom is -0.508 e. The van der Waals surface area contributed by atoms with Gasteiger partial charge in [0.25, 0.3) is 6.43 Å². The standard InChI is InChI=1S/C18H10F4N4OS/c19-10-4-5-12(13(20)8-10)15-14(7-9-2-1-3-11(27)6-9)28-18-24-23-17(16(21)22)26(18)25-15/h1-8,16,27H. The van der Waals surface area contributed by atoms with Crippen LogP contribution in [0.25, 0.3) is 6.08 Å². The predicted molar refractivity (Wildman–Crippen MR) is 95.2 cm³/mol. The van der Waals surface area contributed by atoms with E-state index in [0.29, 0.717) is 16.5 Å². The van der Waals surface area contributed by atoms with E-state index < -0.39 is 23.9 Å². The van der Waals surface area contributed by atoms with E-state index in [2.05, 4.69) is 15.3 Å². The fourth-order valence-corrected chi connectivity index (χ4v) is 3.54. The Balaban J connectivity index is 1.90. The maximum atomic E-state index is 14.4. The van der Waals surface area contributed by atoms with Gasteiger partial charge in [0.15, 0.2) is 0 Å². The van der Waals surface area contributed by atoms with Crippen molar-refractivity contribution < 1.29 is 22.7 Å². The number of rotatable bonds is 3. The van der Waals surface area contributed by atoms with Gasteiger partial charge in [-0.2, -0.15) is 9.78 Å². The lowest BCUT2D eigenvalue weighted by Gasteiger charge is -2.17. The van der Waals surface area contributed by atoms with Crippen LogP contribution in [0.3, 0.4) is 0 Å². The topological polar surface area (TPSA) is 63.3 Å². The highest BCUT2D eigenvalue weighted by molar-refractivity contribution is 8.04. The molecule has 1 aromatic heterocycles. The Morgan fingerprint density at radius 3 is 2.61 bits per heavy atom. The summed E-state index contributed by atoms with van der Waals surface area (Å²) in [5.41, 5.74) is 0.514. The van der Waals surface area contributed by atoms with Crippen molar-refractivity contribution >= 4 is 23.5 Å². The first-order valence-electron chi connectivity index (χ1n) is 7.89. The molecule has 0 saturated carbocycles. The highest BCUT2D eigenvalue weighted by atomic mass is 32.2. The maximum absolute atomic E-state index is 14.4. The van der Waals surface area contributed by atoms with Gasteiger partial charge < -0.3 is 5.11 Å². The van der Waals surface area contributed by atoms with Crippen LogP contribution in [-0.4, -0.2) is 25.7 Å². The second kappa shape index (κ2) is 7.12. The number of thioether (sulfide) groups is 1. The average Bonchev–Trinajstić information content (AvgIpc) is 3.04. The number of fused-ring (bicyclic) bond motifs is 1. The summed E-state index contributed by atoms with van der Waals surface area (Å²) in [5, 5.41) is 21.0. The van der Waals surface area contributed by atoms with Crippen LogP contribution >= 0.6 is 11.8 Å². The first-order chi connectivity index (χ1) is 13.4. The van der Waals surface area contributed by atoms with Gasteiger partial charge in [-0.15, -0.1) is 10.2 Å². The zero-order valence-corrected chi connectivity index (χ0v) is 14.7. The molecule has 5 nitrogen and oxygen atoms in total. The Morgan fingerprint density at radius 2 is 1.89 bits per heavy atom. The van der Waals surface area contributed by atoms with Gasteiger partial charge in [-0.3, -0.25) is 0 Å². The summed E-state index contributed by atoms with van der Waals surface area (Å²) in [5.74, 6) is -2.33. The molecular formula is C18H10F4N4OS. The van der Waals surface area contributed by atoms with Gasteiger partial charge in [0.05, 0.1) is 0 Å². The van der Waals surface area contributed by atoms with Gasteiger partial charge in [-0.05, 0) is 47.7 Å². The lowest BCUT2D eigenvalue weighted by molar-refractivity contribution is 0.135. The van der Waals surface area contributed by atoms with Gasteiger partial charge in [-0.1, -0.05) is 12.1 Å². The van der Waals surface area contributed by atoms with E-state index in [1.807, 2.05) is 0 Å². The number of nitrogens with zero attached hydrogens (tertiary/aromatic N) is 4. The molecule has 1 N–H and O–H groups in total. The van der Waals surface area contributed by atoms with E-state index in [9.17, 15) is 22.7 Å². The van der Waals surface area contributed by atoms with Crippen LogP contribution in [-0.2, 0) is 0 Å². The summed E-state index contributed by atoms with van der Waals surface area (Å²) in [7, 11) is 0. The van der Waals surface area contributed by atoms with Crippen molar-refractivity contribution in [3.8, 4) is 5.75 Å². The van der Waals surface area contributed by atoms with Crippen molar-refractivity contribution in [2.24, 2.45) is 5.10 Å². The SMILES string of the molecule is Oc1cccc(C=C2Sc3nnc(C(F)F)n3N=C2c2ccc(F)cc2F)c1. The number of phenols is 1. The molecular weight excluding hydrogens is 396 g/mol. The first-order valence-corrected chi connectivity index (χ1v) is 8.71. The van der Waals surface area contributed by atoms with Crippen molar-refractivity contribution in [3.05, 3.63) is 76.0 Å². The Hall–Kier alpha value is -3.14. The van der Waals surface area contributed by atoms with E-state index in [0.717, 1.165) is 22.5 Å².